The third kappa shape index (κ3) is 3.91. The van der Waals surface area contributed by atoms with Crippen LogP contribution in [0.4, 0.5) is 5.69 Å². The summed E-state index contributed by atoms with van der Waals surface area (Å²) in [4.78, 5) is 16.4. The Morgan fingerprint density at radius 2 is 2.10 bits per heavy atom. The molecule has 3 heteroatoms. The number of para-hydroxylation sites is 1. The summed E-state index contributed by atoms with van der Waals surface area (Å²) in [6.07, 6.45) is 4.94. The first kappa shape index (κ1) is 15.2. The highest BCUT2D eigenvalue weighted by atomic mass is 16.1. The van der Waals surface area contributed by atoms with Crippen molar-refractivity contribution in [1.29, 1.82) is 0 Å². The van der Waals surface area contributed by atoms with Crippen LogP contribution in [0, 0.1) is 6.92 Å². The van der Waals surface area contributed by atoms with E-state index < -0.39 is 0 Å². The Morgan fingerprint density at radius 3 is 2.76 bits per heavy atom. The molecule has 1 N–H and O–H groups in total. The lowest BCUT2D eigenvalue weighted by Gasteiger charge is -2.15. The van der Waals surface area contributed by atoms with Crippen molar-refractivity contribution >= 4 is 11.6 Å². The summed E-state index contributed by atoms with van der Waals surface area (Å²) in [5, 5.41) is 3.07. The molecular weight excluding hydrogens is 260 g/mol. The molecule has 0 aliphatic heterocycles. The summed E-state index contributed by atoms with van der Waals surface area (Å²) in [5.74, 6) is 0.211. The van der Waals surface area contributed by atoms with Crippen LogP contribution in [-0.4, -0.2) is 10.9 Å². The first-order valence-electron chi connectivity index (χ1n) is 7.40. The van der Waals surface area contributed by atoms with Crippen LogP contribution in [0.3, 0.4) is 0 Å². The van der Waals surface area contributed by atoms with Gasteiger partial charge in [0.15, 0.2) is 0 Å². The van der Waals surface area contributed by atoms with Gasteiger partial charge in [0.1, 0.15) is 0 Å². The molecule has 2 rings (SSSR count). The molecule has 1 unspecified atom stereocenters. The normalized spacial score (nSPS) is 12.0. The SMILES string of the molecule is CCc1cccc(C)c1NC(=O)CC(C)c1cccnc1. The van der Waals surface area contributed by atoms with Gasteiger partial charge < -0.3 is 5.32 Å². The molecule has 0 saturated heterocycles. The van der Waals surface area contributed by atoms with Crippen LogP contribution in [-0.2, 0) is 11.2 Å². The van der Waals surface area contributed by atoms with Crippen LogP contribution < -0.4 is 5.32 Å². The Kier molecular flexibility index (Phi) is 5.09. The van der Waals surface area contributed by atoms with Gasteiger partial charge in [0.25, 0.3) is 0 Å². The molecule has 0 radical (unpaired) electrons. The number of aryl methyl sites for hydroxylation is 2. The summed E-state index contributed by atoms with van der Waals surface area (Å²) in [7, 11) is 0. The smallest absolute Gasteiger partial charge is 0.224 e. The van der Waals surface area contributed by atoms with Gasteiger partial charge in [0.2, 0.25) is 5.91 Å². The Balaban J connectivity index is 2.06. The highest BCUT2D eigenvalue weighted by Crippen LogP contribution is 2.23. The fourth-order valence-corrected chi connectivity index (χ4v) is 2.46. The van der Waals surface area contributed by atoms with Crippen molar-refractivity contribution < 1.29 is 4.79 Å². The second-order valence-corrected chi connectivity index (χ2v) is 5.40. The fraction of sp³-hybridized carbons (Fsp3) is 0.333. The van der Waals surface area contributed by atoms with E-state index in [1.807, 2.05) is 37.4 Å². The second-order valence-electron chi connectivity index (χ2n) is 5.40. The van der Waals surface area contributed by atoms with Crippen LogP contribution in [0.2, 0.25) is 0 Å². The number of nitrogens with zero attached hydrogens (tertiary/aromatic N) is 1. The lowest BCUT2D eigenvalue weighted by Crippen LogP contribution is -2.16. The number of hydrogen-bond acceptors (Lipinski definition) is 2. The number of benzene rings is 1. The number of nitrogens with one attached hydrogen (secondary N) is 1. The fourth-order valence-electron chi connectivity index (χ4n) is 2.46. The molecule has 0 aliphatic carbocycles. The van der Waals surface area contributed by atoms with Crippen LogP contribution in [0.1, 0.15) is 42.9 Å². The average Bonchev–Trinajstić information content (AvgIpc) is 2.50. The first-order chi connectivity index (χ1) is 10.1. The van der Waals surface area contributed by atoms with E-state index >= 15 is 0 Å². The van der Waals surface area contributed by atoms with Gasteiger partial charge in [-0.15, -0.1) is 0 Å². The maximum absolute atomic E-state index is 12.3. The molecule has 0 fully saturated rings. The van der Waals surface area contributed by atoms with Crippen LogP contribution in [0.5, 0.6) is 0 Å². The van der Waals surface area contributed by atoms with Gasteiger partial charge in [0.05, 0.1) is 0 Å². The van der Waals surface area contributed by atoms with Gasteiger partial charge in [-0.05, 0) is 42.0 Å². The predicted molar refractivity (Wildman–Crippen MR) is 86.5 cm³/mol. The number of hydrogen-bond donors (Lipinski definition) is 1. The van der Waals surface area contributed by atoms with Crippen molar-refractivity contribution in [1.82, 2.24) is 4.98 Å². The molecule has 0 spiro atoms. The van der Waals surface area contributed by atoms with Crippen LogP contribution in [0.15, 0.2) is 42.7 Å². The lowest BCUT2D eigenvalue weighted by atomic mass is 9.99. The molecule has 2 aromatic rings. The molecule has 0 bridgehead atoms. The first-order valence-corrected chi connectivity index (χ1v) is 7.40. The van der Waals surface area contributed by atoms with Crippen molar-refractivity contribution in [3.63, 3.8) is 0 Å². The maximum atomic E-state index is 12.3. The Bertz CT molecular complexity index is 608. The number of carbonyl (C=O) groups excluding carboxylic acids is 1. The minimum Gasteiger partial charge on any atom is -0.326 e. The van der Waals surface area contributed by atoms with Gasteiger partial charge in [-0.2, -0.15) is 0 Å². The lowest BCUT2D eigenvalue weighted by molar-refractivity contribution is -0.116. The predicted octanol–water partition coefficient (Wildman–Crippen LogP) is 4.08. The number of aromatic nitrogens is 1. The largest absolute Gasteiger partial charge is 0.326 e. The maximum Gasteiger partial charge on any atom is 0.224 e. The van der Waals surface area contributed by atoms with Crippen molar-refractivity contribution in [3.8, 4) is 0 Å². The van der Waals surface area contributed by atoms with E-state index in [4.69, 9.17) is 0 Å². The van der Waals surface area contributed by atoms with E-state index in [1.54, 1.807) is 6.20 Å². The number of pyridine rings is 1. The number of amides is 1. The van der Waals surface area contributed by atoms with Crippen molar-refractivity contribution in [2.75, 3.05) is 5.32 Å². The van der Waals surface area contributed by atoms with Crippen LogP contribution >= 0.6 is 0 Å². The highest BCUT2D eigenvalue weighted by Gasteiger charge is 2.13. The Hall–Kier alpha value is -2.16. The van der Waals surface area contributed by atoms with E-state index in [0.717, 1.165) is 23.2 Å². The van der Waals surface area contributed by atoms with E-state index in [0.29, 0.717) is 6.42 Å². The summed E-state index contributed by atoms with van der Waals surface area (Å²) < 4.78 is 0. The number of carbonyl (C=O) groups is 1. The van der Waals surface area contributed by atoms with Gasteiger partial charge >= 0.3 is 0 Å². The topological polar surface area (TPSA) is 42.0 Å². The highest BCUT2D eigenvalue weighted by molar-refractivity contribution is 5.92. The summed E-state index contributed by atoms with van der Waals surface area (Å²) in [6.45, 7) is 6.18. The van der Waals surface area contributed by atoms with Gasteiger partial charge in [-0.25, -0.2) is 0 Å². The number of rotatable bonds is 5. The zero-order valence-electron chi connectivity index (χ0n) is 12.9. The molecule has 1 atom stereocenters. The molecule has 1 heterocycles. The monoisotopic (exact) mass is 282 g/mol. The molecule has 110 valence electrons. The summed E-state index contributed by atoms with van der Waals surface area (Å²) in [6, 6.07) is 10.0. The van der Waals surface area contributed by atoms with E-state index in [1.165, 1.54) is 5.56 Å². The van der Waals surface area contributed by atoms with Crippen molar-refractivity contribution in [2.45, 2.75) is 39.5 Å². The second kappa shape index (κ2) is 7.02. The van der Waals surface area contributed by atoms with E-state index in [2.05, 4.69) is 30.2 Å². The summed E-state index contributed by atoms with van der Waals surface area (Å²) >= 11 is 0. The third-order valence-electron chi connectivity index (χ3n) is 3.75. The summed E-state index contributed by atoms with van der Waals surface area (Å²) in [5.41, 5.74) is 4.34. The van der Waals surface area contributed by atoms with Gasteiger partial charge in [0, 0.05) is 24.5 Å². The molecule has 1 amide bonds. The number of anilines is 1. The minimum atomic E-state index is 0.0513. The average molecular weight is 282 g/mol. The van der Waals surface area contributed by atoms with E-state index in [-0.39, 0.29) is 11.8 Å². The standard InChI is InChI=1S/C18H22N2O/c1-4-15-8-5-7-13(2)18(15)20-17(21)11-14(3)16-9-6-10-19-12-16/h5-10,12,14H,4,11H2,1-3H3,(H,20,21). The van der Waals surface area contributed by atoms with Crippen LogP contribution in [0.25, 0.3) is 0 Å². The Morgan fingerprint density at radius 1 is 1.29 bits per heavy atom. The molecule has 21 heavy (non-hydrogen) atoms. The molecular formula is C18H22N2O. The zero-order valence-corrected chi connectivity index (χ0v) is 12.9. The Labute approximate surface area is 126 Å². The molecule has 1 aromatic heterocycles. The van der Waals surface area contributed by atoms with Gasteiger partial charge in [-0.3, -0.25) is 9.78 Å². The molecule has 1 aromatic carbocycles. The van der Waals surface area contributed by atoms with Gasteiger partial charge in [-0.1, -0.05) is 38.1 Å². The van der Waals surface area contributed by atoms with E-state index in [9.17, 15) is 4.79 Å². The van der Waals surface area contributed by atoms with Crippen molar-refractivity contribution in [3.05, 3.63) is 59.4 Å². The molecule has 3 nitrogen and oxygen atoms in total. The molecule has 0 aliphatic rings. The zero-order chi connectivity index (χ0) is 15.2. The third-order valence-corrected chi connectivity index (χ3v) is 3.75. The molecule has 0 saturated carbocycles. The quantitative estimate of drug-likeness (QED) is 0.897. The van der Waals surface area contributed by atoms with Crippen molar-refractivity contribution in [2.24, 2.45) is 0 Å². The minimum absolute atomic E-state index is 0.0513.